The van der Waals surface area contributed by atoms with Crippen LogP contribution in [0.25, 0.3) is 10.1 Å². The van der Waals surface area contributed by atoms with Crippen LogP contribution in [0.5, 0.6) is 11.5 Å². The van der Waals surface area contributed by atoms with Crippen molar-refractivity contribution in [1.29, 1.82) is 5.26 Å². The Balaban J connectivity index is 1.99. The molecule has 0 aliphatic rings. The van der Waals surface area contributed by atoms with Crippen LogP contribution in [0.2, 0.25) is 0 Å². The topological polar surface area (TPSA) is 71.9 Å². The molecular weight excluding hydrogens is 258 g/mol. The van der Waals surface area contributed by atoms with Crippen molar-refractivity contribution < 1.29 is 4.74 Å². The molecule has 3 aromatic rings. The molecule has 0 aliphatic heterocycles. The number of nitrogens with two attached hydrogens (primary N) is 1. The summed E-state index contributed by atoms with van der Waals surface area (Å²) >= 11 is 1.33. The van der Waals surface area contributed by atoms with Crippen LogP contribution in [0.15, 0.2) is 42.5 Å². The number of fused-ring (bicyclic) bond motifs is 1. The average molecular weight is 267 g/mol. The molecule has 0 spiro atoms. The number of nitriles is 1. The average Bonchev–Trinajstić information content (AvgIpc) is 2.81. The van der Waals surface area contributed by atoms with Crippen LogP contribution in [0.4, 0.5) is 5.82 Å². The molecule has 2 aromatic carbocycles. The number of para-hydroxylation sites is 1. The first-order valence-electron chi connectivity index (χ1n) is 5.60. The molecule has 92 valence electrons. The summed E-state index contributed by atoms with van der Waals surface area (Å²) in [6.45, 7) is 0. The van der Waals surface area contributed by atoms with Gasteiger partial charge in [0.15, 0.2) is 0 Å². The van der Waals surface area contributed by atoms with Crippen molar-refractivity contribution in [3.63, 3.8) is 0 Å². The molecule has 1 aromatic heterocycles. The molecule has 4 nitrogen and oxygen atoms in total. The van der Waals surface area contributed by atoms with E-state index in [1.54, 1.807) is 18.2 Å². The lowest BCUT2D eigenvalue weighted by Gasteiger charge is -2.06. The summed E-state index contributed by atoms with van der Waals surface area (Å²) in [4.78, 5) is 0. The summed E-state index contributed by atoms with van der Waals surface area (Å²) in [7, 11) is 0. The number of hydrogen-bond donors (Lipinski definition) is 1. The lowest BCUT2D eigenvalue weighted by Crippen LogP contribution is -1.88. The van der Waals surface area contributed by atoms with Gasteiger partial charge >= 0.3 is 0 Å². The monoisotopic (exact) mass is 267 g/mol. The van der Waals surface area contributed by atoms with Gasteiger partial charge in [-0.1, -0.05) is 12.1 Å². The van der Waals surface area contributed by atoms with E-state index in [0.717, 1.165) is 10.1 Å². The maximum Gasteiger partial charge on any atom is 0.145 e. The highest BCUT2D eigenvalue weighted by Gasteiger charge is 2.07. The van der Waals surface area contributed by atoms with Crippen molar-refractivity contribution in [2.45, 2.75) is 0 Å². The Morgan fingerprint density at radius 1 is 1.21 bits per heavy atom. The van der Waals surface area contributed by atoms with Gasteiger partial charge in [-0.05, 0) is 35.8 Å². The first-order chi connectivity index (χ1) is 9.28. The minimum atomic E-state index is 0.506. The van der Waals surface area contributed by atoms with Crippen LogP contribution in [0.3, 0.4) is 0 Å². The second kappa shape index (κ2) is 4.59. The Morgan fingerprint density at radius 3 is 2.89 bits per heavy atom. The van der Waals surface area contributed by atoms with Crippen molar-refractivity contribution in [1.82, 2.24) is 4.37 Å². The molecule has 0 unspecified atom stereocenters. The van der Waals surface area contributed by atoms with E-state index in [1.807, 2.05) is 24.3 Å². The van der Waals surface area contributed by atoms with Gasteiger partial charge < -0.3 is 10.5 Å². The third-order valence-electron chi connectivity index (χ3n) is 2.71. The highest BCUT2D eigenvalue weighted by molar-refractivity contribution is 7.13. The van der Waals surface area contributed by atoms with Gasteiger partial charge in [0, 0.05) is 11.5 Å². The zero-order valence-corrected chi connectivity index (χ0v) is 10.6. The summed E-state index contributed by atoms with van der Waals surface area (Å²) in [5.74, 6) is 1.74. The molecule has 1 heterocycles. The van der Waals surface area contributed by atoms with Crippen LogP contribution < -0.4 is 10.5 Å². The number of nitrogen functional groups attached to an aromatic ring is 1. The molecule has 19 heavy (non-hydrogen) atoms. The third kappa shape index (κ3) is 2.09. The first kappa shape index (κ1) is 11.5. The fourth-order valence-electron chi connectivity index (χ4n) is 1.78. The molecule has 0 bridgehead atoms. The van der Waals surface area contributed by atoms with Gasteiger partial charge in [0.1, 0.15) is 23.4 Å². The number of ether oxygens (including phenoxy) is 1. The van der Waals surface area contributed by atoms with Crippen LogP contribution in [-0.4, -0.2) is 4.37 Å². The molecule has 0 amide bonds. The van der Waals surface area contributed by atoms with Crippen LogP contribution in [0, 0.1) is 11.3 Å². The Bertz CT molecular complexity index is 789. The van der Waals surface area contributed by atoms with E-state index >= 15 is 0 Å². The quantitative estimate of drug-likeness (QED) is 0.770. The summed E-state index contributed by atoms with van der Waals surface area (Å²) in [5, 5.41) is 9.94. The SMILES string of the molecule is N#Cc1ccccc1Oc1ccc2c(N)nsc2c1. The van der Waals surface area contributed by atoms with Crippen molar-refractivity contribution >= 4 is 27.4 Å². The van der Waals surface area contributed by atoms with Crippen molar-refractivity contribution in [3.8, 4) is 17.6 Å². The van der Waals surface area contributed by atoms with Crippen LogP contribution in [-0.2, 0) is 0 Å². The maximum atomic E-state index is 9.02. The number of nitrogens with zero attached hydrogens (tertiary/aromatic N) is 2. The van der Waals surface area contributed by atoms with E-state index in [2.05, 4.69) is 10.4 Å². The van der Waals surface area contributed by atoms with E-state index in [4.69, 9.17) is 15.7 Å². The molecule has 0 saturated heterocycles. The predicted molar refractivity (Wildman–Crippen MR) is 75.3 cm³/mol. The fourth-order valence-corrected chi connectivity index (χ4v) is 2.51. The van der Waals surface area contributed by atoms with E-state index in [1.165, 1.54) is 11.5 Å². The van der Waals surface area contributed by atoms with E-state index in [0.29, 0.717) is 22.9 Å². The molecule has 0 saturated carbocycles. The Labute approximate surface area is 113 Å². The molecular formula is C14H9N3OS. The molecule has 0 aliphatic carbocycles. The molecule has 0 fully saturated rings. The Hall–Kier alpha value is -2.58. The van der Waals surface area contributed by atoms with Gasteiger partial charge in [-0.15, -0.1) is 0 Å². The minimum absolute atomic E-state index is 0.506. The van der Waals surface area contributed by atoms with E-state index in [-0.39, 0.29) is 0 Å². The number of aromatic nitrogens is 1. The number of rotatable bonds is 2. The van der Waals surface area contributed by atoms with Gasteiger partial charge in [-0.25, -0.2) is 0 Å². The summed E-state index contributed by atoms with van der Waals surface area (Å²) < 4.78 is 10.8. The largest absolute Gasteiger partial charge is 0.456 e. The fraction of sp³-hybridized carbons (Fsp3) is 0. The zero-order chi connectivity index (χ0) is 13.2. The van der Waals surface area contributed by atoms with Crippen molar-refractivity contribution in [2.75, 3.05) is 5.73 Å². The molecule has 0 radical (unpaired) electrons. The lowest BCUT2D eigenvalue weighted by atomic mass is 10.2. The third-order valence-corrected chi connectivity index (χ3v) is 3.53. The highest BCUT2D eigenvalue weighted by atomic mass is 32.1. The Morgan fingerprint density at radius 2 is 2.05 bits per heavy atom. The van der Waals surface area contributed by atoms with Crippen molar-refractivity contribution in [2.24, 2.45) is 0 Å². The normalized spacial score (nSPS) is 10.3. The van der Waals surface area contributed by atoms with Gasteiger partial charge in [-0.2, -0.15) is 9.64 Å². The Kier molecular flexibility index (Phi) is 2.78. The summed E-state index contributed by atoms with van der Waals surface area (Å²) in [5.41, 5.74) is 6.25. The van der Waals surface area contributed by atoms with Crippen LogP contribution in [0.1, 0.15) is 5.56 Å². The summed E-state index contributed by atoms with van der Waals surface area (Å²) in [6.07, 6.45) is 0. The van der Waals surface area contributed by atoms with Gasteiger partial charge in [0.05, 0.1) is 10.3 Å². The number of anilines is 1. The predicted octanol–water partition coefficient (Wildman–Crippen LogP) is 3.54. The van der Waals surface area contributed by atoms with Gasteiger partial charge in [0.2, 0.25) is 0 Å². The van der Waals surface area contributed by atoms with E-state index in [9.17, 15) is 0 Å². The molecule has 0 atom stereocenters. The molecule has 5 heteroatoms. The van der Waals surface area contributed by atoms with E-state index < -0.39 is 0 Å². The van der Waals surface area contributed by atoms with Crippen LogP contribution >= 0.6 is 11.5 Å². The maximum absolute atomic E-state index is 9.02. The number of hydrogen-bond acceptors (Lipinski definition) is 5. The lowest BCUT2D eigenvalue weighted by molar-refractivity contribution is 0.482. The molecule has 2 N–H and O–H groups in total. The zero-order valence-electron chi connectivity index (χ0n) is 9.83. The highest BCUT2D eigenvalue weighted by Crippen LogP contribution is 2.31. The minimum Gasteiger partial charge on any atom is -0.456 e. The standard InChI is InChI=1S/C14H9N3OS/c15-8-9-3-1-2-4-12(9)18-10-5-6-11-13(7-10)19-17-14(11)16/h1-7H,(H2,16,17). The number of benzene rings is 2. The van der Waals surface area contributed by atoms with Crippen molar-refractivity contribution in [3.05, 3.63) is 48.0 Å². The van der Waals surface area contributed by atoms with Gasteiger partial charge in [0.25, 0.3) is 0 Å². The second-order valence-corrected chi connectivity index (χ2v) is 4.74. The second-order valence-electron chi connectivity index (χ2n) is 3.94. The smallest absolute Gasteiger partial charge is 0.145 e. The first-order valence-corrected chi connectivity index (χ1v) is 6.37. The molecule has 3 rings (SSSR count). The van der Waals surface area contributed by atoms with Gasteiger partial charge in [-0.3, -0.25) is 0 Å². The summed E-state index contributed by atoms with van der Waals surface area (Å²) in [6, 6.07) is 14.8.